The molecule has 2 spiro atoms. The fraction of sp³-hybridized carbons (Fsp3) is 0.556. The van der Waals surface area contributed by atoms with E-state index in [1.54, 1.807) is 0 Å². The van der Waals surface area contributed by atoms with E-state index in [0.717, 1.165) is 30.3 Å². The van der Waals surface area contributed by atoms with Gasteiger partial charge in [0, 0.05) is 18.2 Å². The lowest BCUT2D eigenvalue weighted by molar-refractivity contribution is -0.122. The summed E-state index contributed by atoms with van der Waals surface area (Å²) in [5, 5.41) is 0. The van der Waals surface area contributed by atoms with Gasteiger partial charge in [-0.05, 0) is 68.2 Å². The number of fused-ring (bicyclic) bond motifs is 2. The Morgan fingerprint density at radius 2 is 1.94 bits per heavy atom. The fourth-order valence-electron chi connectivity index (χ4n) is 7.88. The van der Waals surface area contributed by atoms with Crippen LogP contribution in [0.4, 0.5) is 0 Å². The third kappa shape index (κ3) is 2.09. The van der Waals surface area contributed by atoms with E-state index in [1.807, 2.05) is 6.07 Å². The third-order valence-electron chi connectivity index (χ3n) is 9.25. The molecule has 4 aliphatic heterocycles. The normalized spacial score (nSPS) is 38.8. The summed E-state index contributed by atoms with van der Waals surface area (Å²) in [6.45, 7) is 3.03. The van der Waals surface area contributed by atoms with E-state index < -0.39 is 0 Å². The summed E-state index contributed by atoms with van der Waals surface area (Å²) in [4.78, 5) is 2.80. The van der Waals surface area contributed by atoms with E-state index in [4.69, 9.17) is 14.2 Å². The van der Waals surface area contributed by atoms with Crippen molar-refractivity contribution in [3.05, 3.63) is 59.2 Å². The highest BCUT2D eigenvalue weighted by Crippen LogP contribution is 2.71. The molecule has 2 aliphatic carbocycles. The highest BCUT2D eigenvalue weighted by Gasteiger charge is 2.79. The van der Waals surface area contributed by atoms with Crippen molar-refractivity contribution < 1.29 is 14.2 Å². The molecule has 0 amide bonds. The molecule has 1 saturated carbocycles. The Morgan fingerprint density at radius 3 is 2.81 bits per heavy atom. The molecule has 0 radical (unpaired) electrons. The number of rotatable bonds is 5. The number of ether oxygens (including phenoxy) is 3. The molecule has 4 bridgehead atoms. The maximum Gasteiger partial charge on any atom is 0.166 e. The van der Waals surface area contributed by atoms with Gasteiger partial charge in [-0.1, -0.05) is 36.4 Å². The van der Waals surface area contributed by atoms with Crippen molar-refractivity contribution in [2.45, 2.75) is 74.4 Å². The standard InChI is InChI=1S/C27H29NO3/c1-2-4-18(5-3-1)16-29-20-9-8-19-14-22-27-11-10-21(31-27)25-26(27,23(19)24(20)30-25)12-13-28(22)15-17-6-7-17/h1-5,8-9,17,21-22,25H,6-7,10-16H2/t21-,22+,25-,26-,27-/m0/s1. The molecular weight excluding hydrogens is 386 g/mol. The minimum absolute atomic E-state index is 0.0374. The first-order chi connectivity index (χ1) is 15.3. The van der Waals surface area contributed by atoms with Crippen molar-refractivity contribution in [1.29, 1.82) is 0 Å². The molecule has 8 rings (SSSR count). The zero-order valence-electron chi connectivity index (χ0n) is 17.9. The Balaban J connectivity index is 1.22. The summed E-state index contributed by atoms with van der Waals surface area (Å²) in [6.07, 6.45) is 7.84. The van der Waals surface area contributed by atoms with Crippen molar-refractivity contribution in [1.82, 2.24) is 4.90 Å². The molecule has 4 nitrogen and oxygen atoms in total. The van der Waals surface area contributed by atoms with Gasteiger partial charge in [-0.15, -0.1) is 0 Å². The second-order valence-corrected chi connectivity index (χ2v) is 10.7. The van der Waals surface area contributed by atoms with E-state index in [0.29, 0.717) is 12.6 Å². The lowest BCUT2D eigenvalue weighted by Crippen LogP contribution is -2.71. The second kappa shape index (κ2) is 5.85. The summed E-state index contributed by atoms with van der Waals surface area (Å²) in [6, 6.07) is 15.4. The smallest absolute Gasteiger partial charge is 0.166 e. The SMILES string of the molecule is c1ccc(COc2ccc3c4c2O[C@H]2[C@@H]5CC[C@]6(O5)[C@@H](C3)N(CC3CC3)CC[C@]426)cc1. The molecule has 160 valence electrons. The van der Waals surface area contributed by atoms with Gasteiger partial charge in [-0.2, -0.15) is 0 Å². The van der Waals surface area contributed by atoms with Crippen LogP contribution in [-0.4, -0.2) is 41.8 Å². The van der Waals surface area contributed by atoms with E-state index in [9.17, 15) is 0 Å². The van der Waals surface area contributed by atoms with Crippen molar-refractivity contribution in [2.24, 2.45) is 5.92 Å². The van der Waals surface area contributed by atoms with Crippen molar-refractivity contribution >= 4 is 0 Å². The molecule has 2 aromatic carbocycles. The van der Waals surface area contributed by atoms with Crippen LogP contribution in [0.25, 0.3) is 0 Å². The van der Waals surface area contributed by atoms with Crippen LogP contribution in [0.5, 0.6) is 11.5 Å². The Morgan fingerprint density at radius 1 is 1.03 bits per heavy atom. The number of hydrogen-bond acceptors (Lipinski definition) is 4. The van der Waals surface area contributed by atoms with Crippen molar-refractivity contribution in [3.8, 4) is 11.5 Å². The predicted octanol–water partition coefficient (Wildman–Crippen LogP) is 4.24. The van der Waals surface area contributed by atoms with Gasteiger partial charge in [0.05, 0.1) is 17.1 Å². The Hall–Kier alpha value is -2.04. The van der Waals surface area contributed by atoms with E-state index in [2.05, 4.69) is 41.3 Å². The number of likely N-dealkylation sites (tertiary alicyclic amines) is 1. The van der Waals surface area contributed by atoms with Crippen LogP contribution >= 0.6 is 0 Å². The van der Waals surface area contributed by atoms with Crippen LogP contribution in [0.15, 0.2) is 42.5 Å². The summed E-state index contributed by atoms with van der Waals surface area (Å²) in [5.74, 6) is 2.87. The molecule has 3 saturated heterocycles. The topological polar surface area (TPSA) is 30.9 Å². The molecule has 2 aromatic rings. The molecule has 31 heavy (non-hydrogen) atoms. The van der Waals surface area contributed by atoms with Gasteiger partial charge < -0.3 is 14.2 Å². The molecule has 0 unspecified atom stereocenters. The molecule has 0 N–H and O–H groups in total. The van der Waals surface area contributed by atoms with Crippen LogP contribution < -0.4 is 9.47 Å². The van der Waals surface area contributed by atoms with Crippen molar-refractivity contribution in [2.75, 3.05) is 13.1 Å². The third-order valence-corrected chi connectivity index (χ3v) is 9.25. The summed E-state index contributed by atoms with van der Waals surface area (Å²) >= 11 is 0. The van der Waals surface area contributed by atoms with E-state index >= 15 is 0 Å². The van der Waals surface area contributed by atoms with Gasteiger partial charge in [0.1, 0.15) is 12.7 Å². The highest BCUT2D eigenvalue weighted by atomic mass is 16.6. The first-order valence-corrected chi connectivity index (χ1v) is 12.2. The molecular formula is C27H29NO3. The molecule has 4 heteroatoms. The van der Waals surface area contributed by atoms with E-state index in [1.165, 1.54) is 55.5 Å². The quantitative estimate of drug-likeness (QED) is 0.731. The first kappa shape index (κ1) is 17.5. The summed E-state index contributed by atoms with van der Waals surface area (Å²) in [5.41, 5.74) is 4.11. The fourth-order valence-corrected chi connectivity index (χ4v) is 7.88. The van der Waals surface area contributed by atoms with Crippen LogP contribution in [0.2, 0.25) is 0 Å². The van der Waals surface area contributed by atoms with Gasteiger partial charge in [0.15, 0.2) is 11.5 Å². The number of nitrogens with zero attached hydrogens (tertiary/aromatic N) is 1. The monoisotopic (exact) mass is 415 g/mol. The molecule has 4 heterocycles. The van der Waals surface area contributed by atoms with Gasteiger partial charge in [0.25, 0.3) is 0 Å². The first-order valence-electron chi connectivity index (χ1n) is 12.2. The minimum atomic E-state index is -0.0498. The zero-order valence-corrected chi connectivity index (χ0v) is 17.9. The van der Waals surface area contributed by atoms with Crippen molar-refractivity contribution in [3.63, 3.8) is 0 Å². The summed E-state index contributed by atoms with van der Waals surface area (Å²) in [7, 11) is 0. The van der Waals surface area contributed by atoms with Gasteiger partial charge in [-0.25, -0.2) is 0 Å². The van der Waals surface area contributed by atoms with Gasteiger partial charge in [-0.3, -0.25) is 4.90 Å². The lowest BCUT2D eigenvalue weighted by Gasteiger charge is -2.59. The molecule has 4 fully saturated rings. The van der Waals surface area contributed by atoms with Crippen LogP contribution in [0.1, 0.15) is 48.8 Å². The average Bonchev–Trinajstić information content (AvgIpc) is 3.28. The number of hydrogen-bond donors (Lipinski definition) is 0. The zero-order chi connectivity index (χ0) is 20.2. The Kier molecular flexibility index (Phi) is 3.30. The van der Waals surface area contributed by atoms with Crippen LogP contribution in [-0.2, 0) is 23.2 Å². The predicted molar refractivity (Wildman–Crippen MR) is 117 cm³/mol. The summed E-state index contributed by atoms with van der Waals surface area (Å²) < 4.78 is 20.1. The highest BCUT2D eigenvalue weighted by molar-refractivity contribution is 5.64. The molecule has 5 atom stereocenters. The maximum atomic E-state index is 6.93. The number of piperidine rings is 1. The lowest BCUT2D eigenvalue weighted by atomic mass is 9.51. The molecule has 0 aromatic heterocycles. The maximum absolute atomic E-state index is 6.93. The van der Waals surface area contributed by atoms with Crippen LogP contribution in [0.3, 0.4) is 0 Å². The van der Waals surface area contributed by atoms with E-state index in [-0.39, 0.29) is 23.2 Å². The second-order valence-electron chi connectivity index (χ2n) is 10.7. The van der Waals surface area contributed by atoms with Gasteiger partial charge in [0.2, 0.25) is 0 Å². The largest absolute Gasteiger partial charge is 0.485 e. The average molecular weight is 416 g/mol. The van der Waals surface area contributed by atoms with Gasteiger partial charge >= 0.3 is 0 Å². The minimum Gasteiger partial charge on any atom is -0.485 e. The van der Waals surface area contributed by atoms with Crippen LogP contribution in [0, 0.1) is 5.92 Å². The number of benzene rings is 2. The Bertz CT molecular complexity index is 1070. The molecule has 6 aliphatic rings. The Labute approximate surface area is 183 Å².